The first kappa shape index (κ1) is 14.0. The van der Waals surface area contributed by atoms with Gasteiger partial charge in [-0.25, -0.2) is 0 Å². The summed E-state index contributed by atoms with van der Waals surface area (Å²) in [6.07, 6.45) is 3.45. The van der Waals surface area contributed by atoms with Gasteiger partial charge < -0.3 is 10.0 Å². The van der Waals surface area contributed by atoms with Crippen molar-refractivity contribution >= 4 is 11.9 Å². The molecule has 0 aromatic heterocycles. The molecule has 0 aromatic rings. The molecule has 0 spiro atoms. The lowest BCUT2D eigenvalue weighted by atomic mass is 9.95. The van der Waals surface area contributed by atoms with Crippen LogP contribution in [0.4, 0.5) is 0 Å². The van der Waals surface area contributed by atoms with E-state index < -0.39 is 5.97 Å². The molecule has 4 heteroatoms. The van der Waals surface area contributed by atoms with Crippen LogP contribution in [-0.2, 0) is 9.59 Å². The smallest absolute Gasteiger partial charge is 0.303 e. The van der Waals surface area contributed by atoms with E-state index in [4.69, 9.17) is 5.11 Å². The lowest BCUT2D eigenvalue weighted by Crippen LogP contribution is -2.26. The Morgan fingerprint density at radius 2 is 2.12 bits per heavy atom. The molecular weight excluding hydrogens is 218 g/mol. The fraction of sp³-hybridized carbons (Fsp3) is 0.846. The van der Waals surface area contributed by atoms with E-state index in [1.807, 2.05) is 4.90 Å². The third-order valence-corrected chi connectivity index (χ3v) is 3.51. The number of carbonyl (C=O) groups excluding carboxylic acids is 1. The van der Waals surface area contributed by atoms with E-state index in [-0.39, 0.29) is 12.3 Å². The molecule has 0 aliphatic carbocycles. The first-order valence-electron chi connectivity index (χ1n) is 6.50. The molecule has 4 nitrogen and oxygen atoms in total. The van der Waals surface area contributed by atoms with Crippen LogP contribution in [0.3, 0.4) is 0 Å². The molecule has 1 heterocycles. The number of carbonyl (C=O) groups is 2. The van der Waals surface area contributed by atoms with Crippen molar-refractivity contribution in [2.75, 3.05) is 13.1 Å². The molecule has 1 aliphatic rings. The van der Waals surface area contributed by atoms with E-state index in [1.165, 1.54) is 0 Å². The zero-order valence-electron chi connectivity index (χ0n) is 10.8. The Balaban J connectivity index is 2.15. The Bertz CT molecular complexity index is 276. The molecule has 0 saturated carbocycles. The second kappa shape index (κ2) is 6.62. The van der Waals surface area contributed by atoms with E-state index in [2.05, 4.69) is 13.8 Å². The topological polar surface area (TPSA) is 57.6 Å². The van der Waals surface area contributed by atoms with E-state index in [9.17, 15) is 9.59 Å². The van der Waals surface area contributed by atoms with Crippen molar-refractivity contribution < 1.29 is 14.7 Å². The fourth-order valence-electron chi connectivity index (χ4n) is 2.22. The highest BCUT2D eigenvalue weighted by atomic mass is 16.4. The predicted molar refractivity (Wildman–Crippen MR) is 65.6 cm³/mol. The van der Waals surface area contributed by atoms with Crippen molar-refractivity contribution in [2.45, 2.75) is 46.0 Å². The highest BCUT2D eigenvalue weighted by Crippen LogP contribution is 2.24. The Hall–Kier alpha value is -1.06. The Labute approximate surface area is 103 Å². The van der Waals surface area contributed by atoms with Crippen molar-refractivity contribution in [3.63, 3.8) is 0 Å². The second-order valence-electron chi connectivity index (χ2n) is 5.25. The number of carboxylic acid groups (broad SMARTS) is 1. The van der Waals surface area contributed by atoms with Crippen LogP contribution in [0.5, 0.6) is 0 Å². The molecular formula is C13H23NO3. The molecule has 0 radical (unpaired) electrons. The number of hydrogen-bond donors (Lipinski definition) is 1. The van der Waals surface area contributed by atoms with E-state index in [1.54, 1.807) is 0 Å². The number of aliphatic carboxylic acids is 1. The second-order valence-corrected chi connectivity index (χ2v) is 5.25. The quantitative estimate of drug-likeness (QED) is 0.695. The molecule has 1 atom stereocenters. The highest BCUT2D eigenvalue weighted by molar-refractivity contribution is 5.78. The van der Waals surface area contributed by atoms with Gasteiger partial charge in [-0.05, 0) is 24.7 Å². The van der Waals surface area contributed by atoms with Gasteiger partial charge in [0.15, 0.2) is 0 Å². The SMILES string of the molecule is CC(C)C1CC(=O)N(CCCCCC(=O)O)C1. The number of nitrogens with zero attached hydrogens (tertiary/aromatic N) is 1. The zero-order valence-corrected chi connectivity index (χ0v) is 10.8. The van der Waals surface area contributed by atoms with Crippen molar-refractivity contribution in [1.29, 1.82) is 0 Å². The monoisotopic (exact) mass is 241 g/mol. The average Bonchev–Trinajstić information content (AvgIpc) is 2.59. The van der Waals surface area contributed by atoms with Crippen LogP contribution < -0.4 is 0 Å². The van der Waals surface area contributed by atoms with Crippen LogP contribution in [0.1, 0.15) is 46.0 Å². The van der Waals surface area contributed by atoms with Gasteiger partial charge in [-0.2, -0.15) is 0 Å². The number of rotatable bonds is 7. The third-order valence-electron chi connectivity index (χ3n) is 3.51. The van der Waals surface area contributed by atoms with E-state index in [0.717, 1.165) is 25.9 Å². The van der Waals surface area contributed by atoms with Crippen molar-refractivity contribution in [1.82, 2.24) is 4.90 Å². The number of amides is 1. The first-order chi connectivity index (χ1) is 8.00. The normalized spacial score (nSPS) is 20.3. The molecule has 17 heavy (non-hydrogen) atoms. The van der Waals surface area contributed by atoms with Crippen LogP contribution in [-0.4, -0.2) is 35.0 Å². The number of hydrogen-bond acceptors (Lipinski definition) is 2. The Kier molecular flexibility index (Phi) is 5.45. The van der Waals surface area contributed by atoms with Gasteiger partial charge in [0, 0.05) is 25.9 Å². The van der Waals surface area contributed by atoms with E-state index in [0.29, 0.717) is 24.7 Å². The summed E-state index contributed by atoms with van der Waals surface area (Å²) in [6, 6.07) is 0. The standard InChI is InChI=1S/C13H23NO3/c1-10(2)11-8-12(15)14(9-11)7-5-3-4-6-13(16)17/h10-11H,3-9H2,1-2H3,(H,16,17). The lowest BCUT2D eigenvalue weighted by molar-refractivity contribution is -0.137. The van der Waals surface area contributed by atoms with Crippen molar-refractivity contribution in [3.05, 3.63) is 0 Å². The maximum atomic E-state index is 11.7. The number of likely N-dealkylation sites (tertiary alicyclic amines) is 1. The summed E-state index contributed by atoms with van der Waals surface area (Å²) in [5.41, 5.74) is 0. The van der Waals surface area contributed by atoms with Gasteiger partial charge in [0.25, 0.3) is 0 Å². The maximum Gasteiger partial charge on any atom is 0.303 e. The Morgan fingerprint density at radius 3 is 2.65 bits per heavy atom. The first-order valence-corrected chi connectivity index (χ1v) is 6.50. The molecule has 1 amide bonds. The molecule has 1 N–H and O–H groups in total. The largest absolute Gasteiger partial charge is 0.481 e. The van der Waals surface area contributed by atoms with E-state index >= 15 is 0 Å². The predicted octanol–water partition coefficient (Wildman–Crippen LogP) is 2.14. The van der Waals surface area contributed by atoms with Gasteiger partial charge in [0.1, 0.15) is 0 Å². The van der Waals surface area contributed by atoms with Gasteiger partial charge in [0.05, 0.1) is 0 Å². The third kappa shape index (κ3) is 4.75. The number of carboxylic acids is 1. The summed E-state index contributed by atoms with van der Waals surface area (Å²) in [7, 11) is 0. The van der Waals surface area contributed by atoms with Crippen LogP contribution in [0.15, 0.2) is 0 Å². The van der Waals surface area contributed by atoms with Gasteiger partial charge in [-0.3, -0.25) is 9.59 Å². The maximum absolute atomic E-state index is 11.7. The summed E-state index contributed by atoms with van der Waals surface area (Å²) in [5.74, 6) is 0.599. The molecule has 1 aliphatic heterocycles. The molecule has 1 saturated heterocycles. The van der Waals surface area contributed by atoms with Crippen molar-refractivity contribution in [2.24, 2.45) is 11.8 Å². The van der Waals surface area contributed by atoms with Gasteiger partial charge in [-0.15, -0.1) is 0 Å². The molecule has 98 valence electrons. The molecule has 1 rings (SSSR count). The lowest BCUT2D eigenvalue weighted by Gasteiger charge is -2.17. The molecule has 1 fully saturated rings. The average molecular weight is 241 g/mol. The minimum atomic E-state index is -0.734. The summed E-state index contributed by atoms with van der Waals surface area (Å²) in [6.45, 7) is 6.00. The van der Waals surface area contributed by atoms with Gasteiger partial charge in [0.2, 0.25) is 5.91 Å². The zero-order chi connectivity index (χ0) is 12.8. The minimum absolute atomic E-state index is 0.239. The summed E-state index contributed by atoms with van der Waals surface area (Å²) >= 11 is 0. The van der Waals surface area contributed by atoms with Crippen LogP contribution in [0.25, 0.3) is 0 Å². The minimum Gasteiger partial charge on any atom is -0.481 e. The summed E-state index contributed by atoms with van der Waals surface area (Å²) in [5, 5.41) is 8.50. The van der Waals surface area contributed by atoms with Crippen LogP contribution in [0, 0.1) is 11.8 Å². The molecule has 0 aromatic carbocycles. The van der Waals surface area contributed by atoms with Crippen LogP contribution in [0.2, 0.25) is 0 Å². The van der Waals surface area contributed by atoms with Crippen molar-refractivity contribution in [3.8, 4) is 0 Å². The fourth-order valence-corrected chi connectivity index (χ4v) is 2.22. The Morgan fingerprint density at radius 1 is 1.41 bits per heavy atom. The van der Waals surface area contributed by atoms with Gasteiger partial charge >= 0.3 is 5.97 Å². The van der Waals surface area contributed by atoms with Gasteiger partial charge in [-0.1, -0.05) is 20.3 Å². The molecule has 1 unspecified atom stereocenters. The molecule has 0 bridgehead atoms. The number of unbranched alkanes of at least 4 members (excludes halogenated alkanes) is 2. The highest BCUT2D eigenvalue weighted by Gasteiger charge is 2.30. The summed E-state index contributed by atoms with van der Waals surface area (Å²) in [4.78, 5) is 24.0. The summed E-state index contributed by atoms with van der Waals surface area (Å²) < 4.78 is 0. The van der Waals surface area contributed by atoms with Crippen LogP contribution >= 0.6 is 0 Å².